The minimum absolute atomic E-state index is 0.372. The van der Waals surface area contributed by atoms with Crippen LogP contribution in [0.25, 0.3) is 0 Å². The number of hydrogen-bond acceptors (Lipinski definition) is 3. The van der Waals surface area contributed by atoms with E-state index in [1.165, 1.54) is 18.3 Å². The second-order valence-electron chi connectivity index (χ2n) is 2.18. The summed E-state index contributed by atoms with van der Waals surface area (Å²) in [6.07, 6.45) is -0.949. The summed E-state index contributed by atoms with van der Waals surface area (Å²) in [5.41, 5.74) is 0.737. The average Bonchev–Trinajstić information content (AvgIpc) is 2.39. The third-order valence-electron chi connectivity index (χ3n) is 1.17. The Morgan fingerprint density at radius 1 is 1.82 bits per heavy atom. The van der Waals surface area contributed by atoms with Crippen LogP contribution < -0.4 is 5.32 Å². The van der Waals surface area contributed by atoms with Crippen molar-refractivity contribution >= 4 is 22.9 Å². The molecule has 0 aromatic carbocycles. The third-order valence-corrected chi connectivity index (χ3v) is 1.85. The summed E-state index contributed by atoms with van der Waals surface area (Å²) < 4.78 is 0. The van der Waals surface area contributed by atoms with Gasteiger partial charge in [-0.1, -0.05) is 0 Å². The summed E-state index contributed by atoms with van der Waals surface area (Å²) in [5.74, 6) is -0.372. The van der Waals surface area contributed by atoms with Gasteiger partial charge in [-0.3, -0.25) is 4.79 Å². The number of amides is 1. The Balaban J connectivity index is 2.50. The van der Waals surface area contributed by atoms with E-state index in [1.54, 1.807) is 11.4 Å². The Kier molecular flexibility index (Phi) is 2.62. The molecule has 0 bridgehead atoms. The average molecular weight is 171 g/mol. The van der Waals surface area contributed by atoms with Gasteiger partial charge in [-0.25, -0.2) is 0 Å². The number of thiophene rings is 1. The van der Waals surface area contributed by atoms with Gasteiger partial charge >= 0.3 is 0 Å². The van der Waals surface area contributed by atoms with Gasteiger partial charge in [-0.15, -0.1) is 0 Å². The van der Waals surface area contributed by atoms with Gasteiger partial charge in [0, 0.05) is 5.38 Å². The number of nitrogens with one attached hydrogen (secondary N) is 1. The standard InChI is InChI=1S/C7H9NO2S/c1-5(9)7(10)8-6-2-3-11-4-6/h2-5,9H,1H3,(H,8,10)/t5-/m1/s1. The van der Waals surface area contributed by atoms with E-state index < -0.39 is 6.10 Å². The van der Waals surface area contributed by atoms with E-state index in [9.17, 15) is 4.79 Å². The lowest BCUT2D eigenvalue weighted by Crippen LogP contribution is -2.24. The predicted molar refractivity (Wildman–Crippen MR) is 44.6 cm³/mol. The highest BCUT2D eigenvalue weighted by atomic mass is 32.1. The highest BCUT2D eigenvalue weighted by molar-refractivity contribution is 7.08. The number of rotatable bonds is 2. The molecule has 4 heteroatoms. The molecular weight excluding hydrogens is 162 g/mol. The van der Waals surface area contributed by atoms with Crippen LogP contribution in [-0.2, 0) is 4.79 Å². The van der Waals surface area contributed by atoms with Crippen molar-refractivity contribution in [2.24, 2.45) is 0 Å². The molecule has 0 saturated heterocycles. The molecule has 0 unspecified atom stereocenters. The zero-order chi connectivity index (χ0) is 8.27. The number of anilines is 1. The summed E-state index contributed by atoms with van der Waals surface area (Å²) >= 11 is 1.50. The van der Waals surface area contributed by atoms with Gasteiger partial charge < -0.3 is 10.4 Å². The molecule has 11 heavy (non-hydrogen) atoms. The highest BCUT2D eigenvalue weighted by Crippen LogP contribution is 2.11. The van der Waals surface area contributed by atoms with Crippen LogP contribution in [-0.4, -0.2) is 17.1 Å². The van der Waals surface area contributed by atoms with E-state index in [0.717, 1.165) is 5.69 Å². The van der Waals surface area contributed by atoms with Crippen molar-refractivity contribution < 1.29 is 9.90 Å². The van der Waals surface area contributed by atoms with Crippen LogP contribution in [0.2, 0.25) is 0 Å². The van der Waals surface area contributed by atoms with Crippen LogP contribution in [0.5, 0.6) is 0 Å². The zero-order valence-corrected chi connectivity index (χ0v) is 6.89. The van der Waals surface area contributed by atoms with E-state index >= 15 is 0 Å². The molecule has 0 fully saturated rings. The quantitative estimate of drug-likeness (QED) is 0.699. The molecule has 0 spiro atoms. The van der Waals surface area contributed by atoms with Crippen molar-refractivity contribution in [3.05, 3.63) is 16.8 Å². The van der Waals surface area contributed by atoms with Crippen LogP contribution in [0.15, 0.2) is 16.8 Å². The number of carbonyl (C=O) groups is 1. The molecule has 1 aromatic rings. The first-order valence-electron chi connectivity index (χ1n) is 3.21. The number of aliphatic hydroxyl groups is 1. The first kappa shape index (κ1) is 8.23. The van der Waals surface area contributed by atoms with Gasteiger partial charge in [0.05, 0.1) is 5.69 Å². The van der Waals surface area contributed by atoms with E-state index in [2.05, 4.69) is 5.32 Å². The van der Waals surface area contributed by atoms with Crippen molar-refractivity contribution in [2.45, 2.75) is 13.0 Å². The van der Waals surface area contributed by atoms with E-state index in [4.69, 9.17) is 5.11 Å². The number of hydrogen-bond donors (Lipinski definition) is 2. The second-order valence-corrected chi connectivity index (χ2v) is 2.96. The number of carbonyl (C=O) groups excluding carboxylic acids is 1. The molecule has 0 saturated carbocycles. The van der Waals surface area contributed by atoms with Gasteiger partial charge in [-0.2, -0.15) is 11.3 Å². The molecule has 2 N–H and O–H groups in total. The van der Waals surface area contributed by atoms with E-state index in [0.29, 0.717) is 0 Å². The van der Waals surface area contributed by atoms with Crippen molar-refractivity contribution in [3.63, 3.8) is 0 Å². The lowest BCUT2D eigenvalue weighted by Gasteiger charge is -2.03. The molecule has 1 atom stereocenters. The first-order valence-corrected chi connectivity index (χ1v) is 4.15. The summed E-state index contributed by atoms with van der Waals surface area (Å²) in [6.45, 7) is 1.43. The van der Waals surface area contributed by atoms with Crippen LogP contribution >= 0.6 is 11.3 Å². The molecule has 3 nitrogen and oxygen atoms in total. The minimum atomic E-state index is -0.949. The van der Waals surface area contributed by atoms with Crippen molar-refractivity contribution in [1.82, 2.24) is 0 Å². The zero-order valence-electron chi connectivity index (χ0n) is 6.07. The largest absolute Gasteiger partial charge is 0.384 e. The monoisotopic (exact) mass is 171 g/mol. The minimum Gasteiger partial charge on any atom is -0.384 e. The molecular formula is C7H9NO2S. The fourth-order valence-electron chi connectivity index (χ4n) is 0.582. The fraction of sp³-hybridized carbons (Fsp3) is 0.286. The fourth-order valence-corrected chi connectivity index (χ4v) is 1.17. The summed E-state index contributed by atoms with van der Waals surface area (Å²) in [5, 5.41) is 15.0. The Labute approximate surface area is 68.7 Å². The first-order chi connectivity index (χ1) is 5.20. The Bertz CT molecular complexity index is 231. The van der Waals surface area contributed by atoms with E-state index in [-0.39, 0.29) is 5.91 Å². The molecule has 1 heterocycles. The molecule has 0 aliphatic heterocycles. The SMILES string of the molecule is C[C@@H](O)C(=O)Nc1ccsc1. The molecule has 0 radical (unpaired) electrons. The maximum Gasteiger partial charge on any atom is 0.252 e. The molecule has 0 aliphatic rings. The van der Waals surface area contributed by atoms with Gasteiger partial charge in [0.15, 0.2) is 0 Å². The van der Waals surface area contributed by atoms with Crippen LogP contribution in [0.1, 0.15) is 6.92 Å². The molecule has 1 aromatic heterocycles. The van der Waals surface area contributed by atoms with Gasteiger partial charge in [-0.05, 0) is 18.4 Å². The lowest BCUT2D eigenvalue weighted by atomic mass is 10.4. The lowest BCUT2D eigenvalue weighted by molar-refractivity contribution is -0.123. The highest BCUT2D eigenvalue weighted by Gasteiger charge is 2.07. The summed E-state index contributed by atoms with van der Waals surface area (Å²) in [4.78, 5) is 10.9. The van der Waals surface area contributed by atoms with Gasteiger partial charge in [0.25, 0.3) is 5.91 Å². The molecule has 1 amide bonds. The smallest absolute Gasteiger partial charge is 0.252 e. The third kappa shape index (κ3) is 2.32. The topological polar surface area (TPSA) is 49.3 Å². The normalized spacial score (nSPS) is 12.5. The van der Waals surface area contributed by atoms with Gasteiger partial charge in [0.1, 0.15) is 6.10 Å². The summed E-state index contributed by atoms with van der Waals surface area (Å²) in [6, 6.07) is 1.78. The predicted octanol–water partition coefficient (Wildman–Crippen LogP) is 1.07. The van der Waals surface area contributed by atoms with Crippen molar-refractivity contribution in [1.29, 1.82) is 0 Å². The van der Waals surface area contributed by atoms with Gasteiger partial charge in [0.2, 0.25) is 0 Å². The van der Waals surface area contributed by atoms with Crippen LogP contribution in [0.4, 0.5) is 5.69 Å². The molecule has 60 valence electrons. The molecule has 0 aliphatic carbocycles. The Hall–Kier alpha value is -0.870. The molecule has 1 rings (SSSR count). The van der Waals surface area contributed by atoms with Crippen molar-refractivity contribution in [2.75, 3.05) is 5.32 Å². The number of aliphatic hydroxyl groups excluding tert-OH is 1. The maximum atomic E-state index is 10.9. The second kappa shape index (κ2) is 3.50. The summed E-state index contributed by atoms with van der Waals surface area (Å²) in [7, 11) is 0. The Morgan fingerprint density at radius 3 is 3.00 bits per heavy atom. The maximum absolute atomic E-state index is 10.9. The van der Waals surface area contributed by atoms with Crippen molar-refractivity contribution in [3.8, 4) is 0 Å². The van der Waals surface area contributed by atoms with Crippen LogP contribution in [0.3, 0.4) is 0 Å². The Morgan fingerprint density at radius 2 is 2.55 bits per heavy atom. The van der Waals surface area contributed by atoms with Crippen LogP contribution in [0, 0.1) is 0 Å². The van der Waals surface area contributed by atoms with E-state index in [1.807, 2.05) is 5.38 Å².